The molecular weight excluding hydrogens is 384 g/mol. The van der Waals surface area contributed by atoms with Gasteiger partial charge in [0.25, 0.3) is 11.8 Å². The summed E-state index contributed by atoms with van der Waals surface area (Å²) in [5.41, 5.74) is -0.169. The standard InChI is InChI=1S/C19H23ClN4O4/c1-4-15(25)21-14-11-12(20)5-6-13(14)16(26)24-9-7-19(8-10-24)17(27)22(2)18(28)23(19)3/h5-6,11H,4,7-10H2,1-3H3,(H,21,25). The van der Waals surface area contributed by atoms with Gasteiger partial charge < -0.3 is 15.1 Å². The van der Waals surface area contributed by atoms with Crippen LogP contribution in [0.1, 0.15) is 36.5 Å². The van der Waals surface area contributed by atoms with Gasteiger partial charge in [0.15, 0.2) is 0 Å². The summed E-state index contributed by atoms with van der Waals surface area (Å²) in [6, 6.07) is 4.41. The number of imide groups is 1. The Kier molecular flexibility index (Phi) is 5.34. The summed E-state index contributed by atoms with van der Waals surface area (Å²) in [5, 5.41) is 3.13. The molecule has 1 aromatic rings. The van der Waals surface area contributed by atoms with Gasteiger partial charge in [-0.3, -0.25) is 19.3 Å². The van der Waals surface area contributed by atoms with Gasteiger partial charge in [-0.2, -0.15) is 0 Å². The fraction of sp³-hybridized carbons (Fsp3) is 0.474. The van der Waals surface area contributed by atoms with E-state index >= 15 is 0 Å². The predicted molar refractivity (Wildman–Crippen MR) is 104 cm³/mol. The summed E-state index contributed by atoms with van der Waals surface area (Å²) in [6.45, 7) is 2.39. The van der Waals surface area contributed by atoms with E-state index in [2.05, 4.69) is 5.32 Å². The molecule has 0 saturated carbocycles. The Hall–Kier alpha value is -2.61. The number of likely N-dealkylation sites (N-methyl/N-ethyl adjacent to an activating group) is 2. The second kappa shape index (κ2) is 7.43. The van der Waals surface area contributed by atoms with E-state index in [4.69, 9.17) is 11.6 Å². The first-order valence-corrected chi connectivity index (χ1v) is 9.53. The van der Waals surface area contributed by atoms with Crippen molar-refractivity contribution in [3.8, 4) is 0 Å². The molecule has 0 unspecified atom stereocenters. The molecule has 2 heterocycles. The van der Waals surface area contributed by atoms with E-state index in [0.717, 1.165) is 4.90 Å². The third kappa shape index (κ3) is 3.22. The molecule has 0 bridgehead atoms. The monoisotopic (exact) mass is 406 g/mol. The van der Waals surface area contributed by atoms with Crippen LogP contribution in [0.15, 0.2) is 18.2 Å². The smallest absolute Gasteiger partial charge is 0.327 e. The van der Waals surface area contributed by atoms with E-state index in [1.807, 2.05) is 0 Å². The number of nitrogens with one attached hydrogen (secondary N) is 1. The lowest BCUT2D eigenvalue weighted by Gasteiger charge is -2.40. The maximum atomic E-state index is 13.1. The molecule has 0 atom stereocenters. The number of rotatable bonds is 3. The summed E-state index contributed by atoms with van der Waals surface area (Å²) in [4.78, 5) is 53.8. The molecule has 8 nitrogen and oxygen atoms in total. The first kappa shape index (κ1) is 20.1. The molecule has 2 fully saturated rings. The van der Waals surface area contributed by atoms with Gasteiger partial charge >= 0.3 is 6.03 Å². The Labute approximate surface area is 168 Å². The van der Waals surface area contributed by atoms with Crippen molar-refractivity contribution in [1.29, 1.82) is 0 Å². The Bertz CT molecular complexity index is 848. The van der Waals surface area contributed by atoms with Crippen molar-refractivity contribution in [2.75, 3.05) is 32.5 Å². The fourth-order valence-corrected chi connectivity index (χ4v) is 3.97. The van der Waals surface area contributed by atoms with Crippen molar-refractivity contribution in [3.63, 3.8) is 0 Å². The zero-order valence-corrected chi connectivity index (χ0v) is 16.9. The Balaban J connectivity index is 1.79. The number of urea groups is 1. The van der Waals surface area contributed by atoms with E-state index in [0.29, 0.717) is 42.2 Å². The zero-order valence-electron chi connectivity index (χ0n) is 16.1. The first-order chi connectivity index (χ1) is 13.2. The van der Waals surface area contributed by atoms with E-state index in [-0.39, 0.29) is 30.2 Å². The highest BCUT2D eigenvalue weighted by molar-refractivity contribution is 6.31. The van der Waals surface area contributed by atoms with Crippen LogP contribution in [0.2, 0.25) is 5.02 Å². The number of piperidine rings is 1. The van der Waals surface area contributed by atoms with E-state index in [1.165, 1.54) is 11.9 Å². The molecule has 5 amide bonds. The van der Waals surface area contributed by atoms with Crippen molar-refractivity contribution < 1.29 is 19.2 Å². The van der Waals surface area contributed by atoms with Crippen LogP contribution < -0.4 is 5.32 Å². The molecule has 28 heavy (non-hydrogen) atoms. The number of hydrogen-bond donors (Lipinski definition) is 1. The lowest BCUT2D eigenvalue weighted by atomic mass is 9.86. The second-order valence-electron chi connectivity index (χ2n) is 7.12. The number of nitrogens with zero attached hydrogens (tertiary/aromatic N) is 3. The van der Waals surface area contributed by atoms with Crippen molar-refractivity contribution >= 4 is 41.0 Å². The number of likely N-dealkylation sites (tertiary alicyclic amines) is 1. The summed E-state index contributed by atoms with van der Waals surface area (Å²) >= 11 is 6.02. The van der Waals surface area contributed by atoms with Crippen LogP contribution in [0.3, 0.4) is 0 Å². The van der Waals surface area contributed by atoms with Gasteiger partial charge in [-0.05, 0) is 31.0 Å². The van der Waals surface area contributed by atoms with Crippen LogP contribution in [-0.2, 0) is 9.59 Å². The molecule has 0 aromatic heterocycles. The topological polar surface area (TPSA) is 90.0 Å². The molecular formula is C19H23ClN4O4. The third-order valence-corrected chi connectivity index (χ3v) is 5.84. The fourth-order valence-electron chi connectivity index (χ4n) is 3.79. The van der Waals surface area contributed by atoms with Gasteiger partial charge in [-0.15, -0.1) is 0 Å². The molecule has 1 N–H and O–H groups in total. The van der Waals surface area contributed by atoms with Crippen LogP contribution in [0.4, 0.5) is 10.5 Å². The molecule has 1 spiro atoms. The second-order valence-corrected chi connectivity index (χ2v) is 7.56. The first-order valence-electron chi connectivity index (χ1n) is 9.16. The van der Waals surface area contributed by atoms with Crippen LogP contribution >= 0.6 is 11.6 Å². The molecule has 2 saturated heterocycles. The van der Waals surface area contributed by atoms with Crippen molar-refractivity contribution in [2.45, 2.75) is 31.7 Å². The van der Waals surface area contributed by atoms with Gasteiger partial charge in [0.1, 0.15) is 5.54 Å². The van der Waals surface area contributed by atoms with E-state index < -0.39 is 5.54 Å². The third-order valence-electron chi connectivity index (χ3n) is 5.60. The van der Waals surface area contributed by atoms with Crippen molar-refractivity contribution in [1.82, 2.24) is 14.7 Å². The molecule has 0 aliphatic carbocycles. The minimum atomic E-state index is -0.887. The Morgan fingerprint density at radius 2 is 1.82 bits per heavy atom. The van der Waals surface area contributed by atoms with Gasteiger partial charge in [-0.1, -0.05) is 18.5 Å². The zero-order chi connectivity index (χ0) is 20.6. The molecule has 150 valence electrons. The molecule has 3 rings (SSSR count). The molecule has 2 aliphatic heterocycles. The number of carbonyl (C=O) groups excluding carboxylic acids is 4. The highest BCUT2D eigenvalue weighted by Gasteiger charge is 2.55. The largest absolute Gasteiger partial charge is 0.338 e. The Morgan fingerprint density at radius 1 is 1.18 bits per heavy atom. The van der Waals surface area contributed by atoms with Crippen molar-refractivity contribution in [3.05, 3.63) is 28.8 Å². The van der Waals surface area contributed by atoms with Crippen LogP contribution in [0, 0.1) is 0 Å². The minimum Gasteiger partial charge on any atom is -0.338 e. The lowest BCUT2D eigenvalue weighted by molar-refractivity contribution is -0.134. The van der Waals surface area contributed by atoms with E-state index in [1.54, 1.807) is 37.1 Å². The molecule has 2 aliphatic rings. The van der Waals surface area contributed by atoms with Gasteiger partial charge in [0.2, 0.25) is 5.91 Å². The molecule has 1 aromatic carbocycles. The average Bonchev–Trinajstić information content (AvgIpc) is 2.84. The number of anilines is 1. The number of amides is 5. The predicted octanol–water partition coefficient (Wildman–Crippen LogP) is 2.19. The van der Waals surface area contributed by atoms with Crippen LogP contribution in [0.5, 0.6) is 0 Å². The summed E-state index contributed by atoms with van der Waals surface area (Å²) in [5.74, 6) is -0.686. The molecule has 0 radical (unpaired) electrons. The maximum Gasteiger partial charge on any atom is 0.327 e. The highest BCUT2D eigenvalue weighted by atomic mass is 35.5. The Morgan fingerprint density at radius 3 is 2.36 bits per heavy atom. The number of carbonyl (C=O) groups is 4. The summed E-state index contributed by atoms with van der Waals surface area (Å²) in [6.07, 6.45) is 1.02. The SMILES string of the molecule is CCC(=O)Nc1cc(Cl)ccc1C(=O)N1CCC2(CC1)C(=O)N(C)C(=O)N2C. The number of halogens is 1. The lowest BCUT2D eigenvalue weighted by Crippen LogP contribution is -2.56. The summed E-state index contributed by atoms with van der Waals surface area (Å²) < 4.78 is 0. The van der Waals surface area contributed by atoms with Gasteiger partial charge in [-0.25, -0.2) is 4.79 Å². The average molecular weight is 407 g/mol. The quantitative estimate of drug-likeness (QED) is 0.779. The van der Waals surface area contributed by atoms with Crippen LogP contribution in [0.25, 0.3) is 0 Å². The van der Waals surface area contributed by atoms with Crippen molar-refractivity contribution in [2.24, 2.45) is 0 Å². The van der Waals surface area contributed by atoms with Gasteiger partial charge in [0.05, 0.1) is 11.3 Å². The summed E-state index contributed by atoms with van der Waals surface area (Å²) in [7, 11) is 3.10. The maximum absolute atomic E-state index is 13.1. The van der Waals surface area contributed by atoms with E-state index in [9.17, 15) is 19.2 Å². The van der Waals surface area contributed by atoms with Gasteiger partial charge in [0, 0.05) is 38.6 Å². The number of benzene rings is 1. The minimum absolute atomic E-state index is 0.214. The van der Waals surface area contributed by atoms with Crippen LogP contribution in [-0.4, -0.2) is 71.2 Å². The normalized spacial score (nSPS) is 18.8. The molecule has 9 heteroatoms. The number of hydrogen-bond acceptors (Lipinski definition) is 4. The highest BCUT2D eigenvalue weighted by Crippen LogP contribution is 2.36.